The standard InChI is InChI=1S/C17H19FN2O2S/c1-22-11-4-5-14(18)13(9-11)17-15(6-7-16(21)20-17)19-10-12-3-2-8-23-12/h2-5,8-9,15,17,19H,6-7,10H2,1H3,(H,20,21)/t15-,17+/m1/s1. The molecule has 0 unspecified atom stereocenters. The summed E-state index contributed by atoms with van der Waals surface area (Å²) in [6, 6.07) is 8.26. The number of hydrogen-bond acceptors (Lipinski definition) is 4. The van der Waals surface area contributed by atoms with Crippen molar-refractivity contribution < 1.29 is 13.9 Å². The van der Waals surface area contributed by atoms with E-state index in [2.05, 4.69) is 16.7 Å². The van der Waals surface area contributed by atoms with Crippen molar-refractivity contribution in [3.05, 3.63) is 52.0 Å². The third-order valence-electron chi connectivity index (χ3n) is 4.06. The van der Waals surface area contributed by atoms with Crippen LogP contribution in [0.1, 0.15) is 29.3 Å². The van der Waals surface area contributed by atoms with E-state index in [9.17, 15) is 9.18 Å². The van der Waals surface area contributed by atoms with Gasteiger partial charge in [-0.25, -0.2) is 4.39 Å². The summed E-state index contributed by atoms with van der Waals surface area (Å²) in [4.78, 5) is 13.0. The first-order chi connectivity index (χ1) is 11.2. The molecule has 2 aromatic rings. The van der Waals surface area contributed by atoms with Gasteiger partial charge in [-0.05, 0) is 36.1 Å². The van der Waals surface area contributed by atoms with Gasteiger partial charge < -0.3 is 15.4 Å². The van der Waals surface area contributed by atoms with Gasteiger partial charge in [-0.2, -0.15) is 0 Å². The van der Waals surface area contributed by atoms with E-state index in [-0.39, 0.29) is 17.8 Å². The fourth-order valence-corrected chi connectivity index (χ4v) is 3.50. The van der Waals surface area contributed by atoms with Crippen LogP contribution in [-0.4, -0.2) is 19.1 Å². The number of nitrogens with one attached hydrogen (secondary N) is 2. The predicted octanol–water partition coefficient (Wildman–Crippen LogP) is 3.01. The van der Waals surface area contributed by atoms with E-state index in [1.54, 1.807) is 30.6 Å². The fourth-order valence-electron chi connectivity index (χ4n) is 2.85. The van der Waals surface area contributed by atoms with Gasteiger partial charge in [-0.15, -0.1) is 11.3 Å². The summed E-state index contributed by atoms with van der Waals surface area (Å²) in [5.41, 5.74) is 0.459. The van der Waals surface area contributed by atoms with E-state index in [1.165, 1.54) is 10.9 Å². The van der Waals surface area contributed by atoms with Gasteiger partial charge in [-0.3, -0.25) is 4.79 Å². The van der Waals surface area contributed by atoms with Crippen molar-refractivity contribution >= 4 is 17.2 Å². The third-order valence-corrected chi connectivity index (χ3v) is 4.93. The second-order valence-corrected chi connectivity index (χ2v) is 6.57. The second-order valence-electron chi connectivity index (χ2n) is 5.54. The maximum atomic E-state index is 14.3. The Morgan fingerprint density at radius 1 is 1.43 bits per heavy atom. The van der Waals surface area contributed by atoms with Gasteiger partial charge in [-0.1, -0.05) is 6.07 Å². The monoisotopic (exact) mass is 334 g/mol. The summed E-state index contributed by atoms with van der Waals surface area (Å²) < 4.78 is 19.5. The van der Waals surface area contributed by atoms with Crippen LogP contribution in [0.5, 0.6) is 5.75 Å². The number of amides is 1. The number of carbonyl (C=O) groups is 1. The largest absolute Gasteiger partial charge is 0.497 e. The molecule has 1 aromatic carbocycles. The van der Waals surface area contributed by atoms with Gasteiger partial charge in [0.1, 0.15) is 11.6 Å². The predicted molar refractivity (Wildman–Crippen MR) is 88.0 cm³/mol. The van der Waals surface area contributed by atoms with Crippen molar-refractivity contribution in [1.82, 2.24) is 10.6 Å². The highest BCUT2D eigenvalue weighted by Crippen LogP contribution is 2.29. The Morgan fingerprint density at radius 2 is 2.30 bits per heavy atom. The number of ether oxygens (including phenoxy) is 1. The van der Waals surface area contributed by atoms with E-state index in [1.807, 2.05) is 11.4 Å². The molecule has 2 atom stereocenters. The molecular formula is C17H19FN2O2S. The molecule has 0 spiro atoms. The number of benzene rings is 1. The van der Waals surface area contributed by atoms with Crippen LogP contribution < -0.4 is 15.4 Å². The minimum absolute atomic E-state index is 0.0172. The second kappa shape index (κ2) is 7.10. The zero-order valence-electron chi connectivity index (χ0n) is 12.8. The molecule has 1 aromatic heterocycles. The lowest BCUT2D eigenvalue weighted by molar-refractivity contribution is -0.123. The number of halogens is 1. The van der Waals surface area contributed by atoms with Gasteiger partial charge in [0, 0.05) is 29.4 Å². The third kappa shape index (κ3) is 3.71. The molecule has 2 heterocycles. The van der Waals surface area contributed by atoms with Crippen molar-refractivity contribution in [3.8, 4) is 5.75 Å². The summed E-state index contributed by atoms with van der Waals surface area (Å²) in [6.45, 7) is 0.709. The zero-order valence-corrected chi connectivity index (χ0v) is 13.7. The van der Waals surface area contributed by atoms with E-state index >= 15 is 0 Å². The molecule has 1 fully saturated rings. The number of rotatable bonds is 5. The first-order valence-electron chi connectivity index (χ1n) is 7.56. The van der Waals surface area contributed by atoms with Crippen LogP contribution in [0, 0.1) is 5.82 Å². The molecule has 4 nitrogen and oxygen atoms in total. The van der Waals surface area contributed by atoms with Crippen molar-refractivity contribution in [1.29, 1.82) is 0 Å². The molecule has 122 valence electrons. The van der Waals surface area contributed by atoms with Crippen molar-refractivity contribution in [3.63, 3.8) is 0 Å². The number of methoxy groups -OCH3 is 1. The maximum Gasteiger partial charge on any atom is 0.220 e. The van der Waals surface area contributed by atoms with Crippen molar-refractivity contribution in [2.75, 3.05) is 7.11 Å². The average Bonchev–Trinajstić information content (AvgIpc) is 3.07. The Labute approximate surface area is 138 Å². The highest BCUT2D eigenvalue weighted by Gasteiger charge is 2.31. The number of carbonyl (C=O) groups excluding carboxylic acids is 1. The molecule has 1 saturated heterocycles. The molecule has 6 heteroatoms. The van der Waals surface area contributed by atoms with E-state index in [0.29, 0.717) is 30.7 Å². The SMILES string of the molecule is COc1ccc(F)c([C@@H]2NC(=O)CC[C@H]2NCc2cccs2)c1. The van der Waals surface area contributed by atoms with Crippen molar-refractivity contribution in [2.24, 2.45) is 0 Å². The topological polar surface area (TPSA) is 50.4 Å². The molecular weight excluding hydrogens is 315 g/mol. The molecule has 0 aliphatic carbocycles. The van der Waals surface area contributed by atoms with Gasteiger partial charge in [0.2, 0.25) is 5.91 Å². The Kier molecular flexibility index (Phi) is 4.93. The molecule has 1 aliphatic rings. The number of hydrogen-bond donors (Lipinski definition) is 2. The first-order valence-corrected chi connectivity index (χ1v) is 8.44. The smallest absolute Gasteiger partial charge is 0.220 e. The maximum absolute atomic E-state index is 14.3. The molecule has 1 aliphatic heterocycles. The molecule has 3 rings (SSSR count). The van der Waals surface area contributed by atoms with E-state index in [0.717, 1.165) is 0 Å². The normalized spacial score (nSPS) is 21.0. The van der Waals surface area contributed by atoms with Crippen LogP contribution in [0.2, 0.25) is 0 Å². The molecule has 1 amide bonds. The van der Waals surface area contributed by atoms with Crippen LogP contribution in [0.3, 0.4) is 0 Å². The van der Waals surface area contributed by atoms with Gasteiger partial charge in [0.25, 0.3) is 0 Å². The van der Waals surface area contributed by atoms with Gasteiger partial charge in [0.05, 0.1) is 13.2 Å². The minimum Gasteiger partial charge on any atom is -0.497 e. The van der Waals surface area contributed by atoms with Crippen LogP contribution in [0.4, 0.5) is 4.39 Å². The van der Waals surface area contributed by atoms with E-state index < -0.39 is 6.04 Å². The highest BCUT2D eigenvalue weighted by atomic mass is 32.1. The summed E-state index contributed by atoms with van der Waals surface area (Å²) in [5.74, 6) is 0.200. The van der Waals surface area contributed by atoms with Crippen LogP contribution in [0.25, 0.3) is 0 Å². The Morgan fingerprint density at radius 3 is 3.04 bits per heavy atom. The lowest BCUT2D eigenvalue weighted by Gasteiger charge is -2.33. The average molecular weight is 334 g/mol. The Hall–Kier alpha value is -1.92. The fraction of sp³-hybridized carbons (Fsp3) is 0.353. The minimum atomic E-state index is -0.397. The summed E-state index contributed by atoms with van der Waals surface area (Å²) in [6.07, 6.45) is 1.13. The molecule has 0 saturated carbocycles. The quantitative estimate of drug-likeness (QED) is 0.884. The van der Waals surface area contributed by atoms with Gasteiger partial charge >= 0.3 is 0 Å². The lowest BCUT2D eigenvalue weighted by atomic mass is 9.91. The van der Waals surface area contributed by atoms with Crippen LogP contribution >= 0.6 is 11.3 Å². The number of thiophene rings is 1. The van der Waals surface area contributed by atoms with Gasteiger partial charge in [0.15, 0.2) is 0 Å². The van der Waals surface area contributed by atoms with Crippen molar-refractivity contribution in [2.45, 2.75) is 31.5 Å². The van der Waals surface area contributed by atoms with Crippen LogP contribution in [-0.2, 0) is 11.3 Å². The summed E-state index contributed by atoms with van der Waals surface area (Å²) >= 11 is 1.67. The van der Waals surface area contributed by atoms with E-state index in [4.69, 9.17) is 4.74 Å². The molecule has 0 bridgehead atoms. The zero-order chi connectivity index (χ0) is 16.2. The molecule has 2 N–H and O–H groups in total. The van der Waals surface area contributed by atoms with Crippen LogP contribution in [0.15, 0.2) is 35.7 Å². The molecule has 0 radical (unpaired) electrons. The summed E-state index contributed by atoms with van der Waals surface area (Å²) in [5, 5.41) is 8.38. The summed E-state index contributed by atoms with van der Waals surface area (Å²) in [7, 11) is 1.54. The highest BCUT2D eigenvalue weighted by molar-refractivity contribution is 7.09. The Balaban J connectivity index is 1.81. The number of piperidine rings is 1. The lowest BCUT2D eigenvalue weighted by Crippen LogP contribution is -2.48. The first kappa shape index (κ1) is 16.0. The molecule has 23 heavy (non-hydrogen) atoms. The Bertz CT molecular complexity index is 675.